The number of hydrogen-bond acceptors (Lipinski definition) is 5. The van der Waals surface area contributed by atoms with Crippen LogP contribution in [0.1, 0.15) is 44.4 Å². The van der Waals surface area contributed by atoms with E-state index in [9.17, 15) is 4.79 Å². The number of nitrogens with two attached hydrogens (primary N) is 1. The molecule has 2 aromatic rings. The first-order valence-corrected chi connectivity index (χ1v) is 11.5. The lowest BCUT2D eigenvalue weighted by Gasteiger charge is -2.39. The topological polar surface area (TPSA) is 71.2 Å². The van der Waals surface area contributed by atoms with Gasteiger partial charge in [-0.25, -0.2) is 4.79 Å². The summed E-state index contributed by atoms with van der Waals surface area (Å²) >= 11 is 0. The Morgan fingerprint density at radius 3 is 2.34 bits per heavy atom. The summed E-state index contributed by atoms with van der Waals surface area (Å²) in [7, 11) is 0. The fraction of sp³-hybridized carbons (Fsp3) is 0.462. The first-order chi connectivity index (χ1) is 15.4. The Bertz CT molecular complexity index is 939. The second-order valence-electron chi connectivity index (χ2n) is 9.78. The predicted octanol–water partition coefficient (Wildman–Crippen LogP) is 4.23. The average molecular weight is 435 g/mol. The van der Waals surface area contributed by atoms with E-state index < -0.39 is 0 Å². The lowest BCUT2D eigenvalue weighted by atomic mass is 9.84. The van der Waals surface area contributed by atoms with Gasteiger partial charge >= 0.3 is 6.09 Å². The Labute approximate surface area is 191 Å². The van der Waals surface area contributed by atoms with Crippen LogP contribution in [0.25, 0.3) is 0 Å². The summed E-state index contributed by atoms with van der Waals surface area (Å²) in [5, 5.41) is 0. The Balaban J connectivity index is 1.70. The largest absolute Gasteiger partial charge is 0.444 e. The molecular weight excluding hydrogens is 400 g/mol. The van der Waals surface area contributed by atoms with Gasteiger partial charge < -0.3 is 15.4 Å². The number of amidine groups is 1. The number of rotatable bonds is 7. The van der Waals surface area contributed by atoms with E-state index >= 15 is 0 Å². The molecule has 2 N–H and O–H groups in total. The fourth-order valence-corrected chi connectivity index (χ4v) is 4.72. The second-order valence-corrected chi connectivity index (χ2v) is 9.78. The third kappa shape index (κ3) is 4.80. The van der Waals surface area contributed by atoms with E-state index in [1.807, 2.05) is 17.0 Å². The Morgan fingerprint density at radius 2 is 1.72 bits per heavy atom. The Hall–Kier alpha value is -2.86. The molecule has 1 unspecified atom stereocenters. The third-order valence-corrected chi connectivity index (χ3v) is 6.17. The smallest absolute Gasteiger partial charge is 0.410 e. The van der Waals surface area contributed by atoms with Crippen molar-refractivity contribution in [2.75, 3.05) is 19.6 Å². The quantitative estimate of drug-likeness (QED) is 0.708. The number of nitrogens with zero attached hydrogens (tertiary/aromatic N) is 3. The predicted molar refractivity (Wildman–Crippen MR) is 127 cm³/mol. The van der Waals surface area contributed by atoms with E-state index in [0.717, 1.165) is 18.9 Å². The van der Waals surface area contributed by atoms with Crippen LogP contribution in [0, 0.1) is 5.41 Å². The molecule has 3 atom stereocenters. The van der Waals surface area contributed by atoms with Gasteiger partial charge in [-0.1, -0.05) is 81.4 Å². The van der Waals surface area contributed by atoms with Crippen molar-refractivity contribution in [3.63, 3.8) is 0 Å². The van der Waals surface area contributed by atoms with Gasteiger partial charge in [0.15, 0.2) is 0 Å². The number of cyclic esters (lactones) is 1. The van der Waals surface area contributed by atoms with E-state index in [-0.39, 0.29) is 29.7 Å². The molecule has 0 radical (unpaired) electrons. The zero-order valence-electron chi connectivity index (χ0n) is 19.3. The standard InChI is InChI=1S/C26H34N4O2/c1-26(2,3)23(30-17-21(14-15-27)32-25(30)31)24-28-22(20-12-8-5-9-13-20)18-29(24)16-19-10-6-4-7-11-19/h4-13,21-23H,14-18,27H2,1-3H3/t21-,22?,23-/m0/s1. The molecule has 1 amide bonds. The van der Waals surface area contributed by atoms with E-state index in [1.165, 1.54) is 11.1 Å². The summed E-state index contributed by atoms with van der Waals surface area (Å²) in [6.07, 6.45) is 0.243. The minimum absolute atomic E-state index is 0.0400. The lowest BCUT2D eigenvalue weighted by Crippen LogP contribution is -2.54. The summed E-state index contributed by atoms with van der Waals surface area (Å²) in [6, 6.07) is 20.7. The highest BCUT2D eigenvalue weighted by molar-refractivity contribution is 5.93. The van der Waals surface area contributed by atoms with Gasteiger partial charge in [-0.15, -0.1) is 0 Å². The minimum Gasteiger partial charge on any atom is -0.444 e. The normalized spacial score (nSPS) is 22.1. The monoisotopic (exact) mass is 434 g/mol. The summed E-state index contributed by atoms with van der Waals surface area (Å²) in [6.45, 7) is 9.09. The molecule has 6 nitrogen and oxygen atoms in total. The fourth-order valence-electron chi connectivity index (χ4n) is 4.72. The molecule has 0 aromatic heterocycles. The first kappa shape index (κ1) is 22.3. The summed E-state index contributed by atoms with van der Waals surface area (Å²) in [4.78, 5) is 22.3. The SMILES string of the molecule is CC(C)(C)[C@H](C1=NC(c2ccccc2)CN1Cc1ccccc1)N1C[C@H](CCN)OC1=O. The molecule has 4 rings (SSSR count). The van der Waals surface area contributed by atoms with Crippen LogP contribution in [0.2, 0.25) is 0 Å². The molecule has 0 saturated carbocycles. The van der Waals surface area contributed by atoms with Crippen LogP contribution in [0.4, 0.5) is 4.79 Å². The molecule has 0 aliphatic carbocycles. The maximum absolute atomic E-state index is 12.9. The number of hydrogen-bond donors (Lipinski definition) is 1. The van der Waals surface area contributed by atoms with E-state index in [2.05, 4.69) is 74.2 Å². The molecule has 1 saturated heterocycles. The lowest BCUT2D eigenvalue weighted by molar-refractivity contribution is 0.119. The molecule has 2 aromatic carbocycles. The molecule has 2 aliphatic heterocycles. The number of carbonyl (C=O) groups excluding carboxylic acids is 1. The third-order valence-electron chi connectivity index (χ3n) is 6.17. The van der Waals surface area contributed by atoms with Crippen molar-refractivity contribution in [2.45, 2.75) is 51.9 Å². The van der Waals surface area contributed by atoms with Gasteiger partial charge in [0, 0.05) is 13.1 Å². The highest BCUT2D eigenvalue weighted by Gasteiger charge is 2.46. The second kappa shape index (κ2) is 9.33. The maximum Gasteiger partial charge on any atom is 0.410 e. The van der Waals surface area contributed by atoms with E-state index in [1.54, 1.807) is 0 Å². The van der Waals surface area contributed by atoms with Crippen LogP contribution < -0.4 is 5.73 Å². The highest BCUT2D eigenvalue weighted by atomic mass is 16.6. The van der Waals surface area contributed by atoms with Gasteiger partial charge in [0.25, 0.3) is 0 Å². The van der Waals surface area contributed by atoms with Crippen molar-refractivity contribution in [2.24, 2.45) is 16.1 Å². The van der Waals surface area contributed by atoms with Crippen LogP contribution >= 0.6 is 0 Å². The van der Waals surface area contributed by atoms with Crippen molar-refractivity contribution >= 4 is 11.9 Å². The Morgan fingerprint density at radius 1 is 1.06 bits per heavy atom. The molecule has 170 valence electrons. The van der Waals surface area contributed by atoms with Crippen molar-refractivity contribution in [3.8, 4) is 0 Å². The van der Waals surface area contributed by atoms with Crippen LogP contribution in [0.3, 0.4) is 0 Å². The summed E-state index contributed by atoms with van der Waals surface area (Å²) in [5.41, 5.74) is 7.94. The minimum atomic E-state index is -0.270. The van der Waals surface area contributed by atoms with Crippen LogP contribution in [0.15, 0.2) is 65.7 Å². The van der Waals surface area contributed by atoms with Gasteiger partial charge in [0.2, 0.25) is 0 Å². The first-order valence-electron chi connectivity index (χ1n) is 11.5. The number of carbonyl (C=O) groups is 1. The summed E-state index contributed by atoms with van der Waals surface area (Å²) in [5.74, 6) is 0.959. The molecule has 0 spiro atoms. The van der Waals surface area contributed by atoms with Crippen LogP contribution in [-0.4, -0.2) is 53.5 Å². The molecule has 1 fully saturated rings. The molecule has 2 aliphatic rings. The molecular formula is C26H34N4O2. The van der Waals surface area contributed by atoms with Crippen LogP contribution in [0.5, 0.6) is 0 Å². The van der Waals surface area contributed by atoms with E-state index in [4.69, 9.17) is 15.5 Å². The van der Waals surface area contributed by atoms with Gasteiger partial charge in [-0.3, -0.25) is 9.89 Å². The highest BCUT2D eigenvalue weighted by Crippen LogP contribution is 2.36. The number of benzene rings is 2. The van der Waals surface area contributed by atoms with Crippen LogP contribution in [-0.2, 0) is 11.3 Å². The molecule has 6 heteroatoms. The van der Waals surface area contributed by atoms with Crippen molar-refractivity contribution in [1.29, 1.82) is 0 Å². The Kier molecular flexibility index (Phi) is 6.51. The molecule has 0 bridgehead atoms. The van der Waals surface area contributed by atoms with Crippen molar-refractivity contribution < 1.29 is 9.53 Å². The maximum atomic E-state index is 12.9. The van der Waals surface area contributed by atoms with Gasteiger partial charge in [0.05, 0.1) is 18.6 Å². The zero-order valence-corrected chi connectivity index (χ0v) is 19.3. The number of ether oxygens (including phenoxy) is 1. The van der Waals surface area contributed by atoms with Gasteiger partial charge in [-0.2, -0.15) is 0 Å². The van der Waals surface area contributed by atoms with Crippen molar-refractivity contribution in [3.05, 3.63) is 71.8 Å². The zero-order chi connectivity index (χ0) is 22.7. The van der Waals surface area contributed by atoms with Crippen molar-refractivity contribution in [1.82, 2.24) is 9.80 Å². The van der Waals surface area contributed by atoms with Gasteiger partial charge in [0.1, 0.15) is 11.9 Å². The molecule has 2 heterocycles. The van der Waals surface area contributed by atoms with Gasteiger partial charge in [-0.05, 0) is 29.5 Å². The van der Waals surface area contributed by atoms with E-state index in [0.29, 0.717) is 19.5 Å². The molecule has 32 heavy (non-hydrogen) atoms. The number of amides is 1. The average Bonchev–Trinajstić information content (AvgIpc) is 3.33. The number of aliphatic imine (C=N–C) groups is 1. The summed E-state index contributed by atoms with van der Waals surface area (Å²) < 4.78 is 5.65.